The minimum Gasteiger partial charge on any atom is -0.490 e. The Morgan fingerprint density at radius 3 is 2.35 bits per heavy atom. The normalized spacial score (nSPS) is 12.4. The number of rotatable bonds is 10. The van der Waals surface area contributed by atoms with Gasteiger partial charge in [-0.05, 0) is 25.0 Å². The molecule has 0 saturated carbocycles. The highest BCUT2D eigenvalue weighted by Gasteiger charge is 2.13. The fraction of sp³-hybridized carbons (Fsp3) is 0.647. The van der Waals surface area contributed by atoms with Crippen molar-refractivity contribution >= 4 is 0 Å². The zero-order valence-electron chi connectivity index (χ0n) is 13.3. The third-order valence-corrected chi connectivity index (χ3v) is 2.97. The summed E-state index contributed by atoms with van der Waals surface area (Å²) in [5, 5.41) is 3.45. The summed E-state index contributed by atoms with van der Waals surface area (Å²) in [6.07, 6.45) is 3.35. The van der Waals surface area contributed by atoms with Crippen LogP contribution in [-0.4, -0.2) is 25.3 Å². The molecular formula is C17H29NO2. The van der Waals surface area contributed by atoms with Crippen molar-refractivity contribution in [3.05, 3.63) is 24.3 Å². The van der Waals surface area contributed by atoms with Crippen LogP contribution >= 0.6 is 0 Å². The molecule has 1 unspecified atom stereocenters. The second-order valence-corrected chi connectivity index (χ2v) is 5.39. The van der Waals surface area contributed by atoms with E-state index in [0.717, 1.165) is 43.9 Å². The van der Waals surface area contributed by atoms with E-state index in [4.69, 9.17) is 9.47 Å². The van der Waals surface area contributed by atoms with E-state index in [0.29, 0.717) is 6.04 Å². The first-order valence-electron chi connectivity index (χ1n) is 7.79. The Balaban J connectivity index is 2.66. The molecule has 0 aliphatic rings. The quantitative estimate of drug-likeness (QED) is 0.701. The monoisotopic (exact) mass is 279 g/mol. The molecule has 0 fully saturated rings. The lowest BCUT2D eigenvalue weighted by molar-refractivity contribution is 0.172. The lowest BCUT2D eigenvalue weighted by Crippen LogP contribution is -2.35. The van der Waals surface area contributed by atoms with Crippen LogP contribution in [0.1, 0.15) is 47.0 Å². The van der Waals surface area contributed by atoms with Crippen molar-refractivity contribution in [3.63, 3.8) is 0 Å². The van der Waals surface area contributed by atoms with Crippen LogP contribution in [0.25, 0.3) is 0 Å². The Kier molecular flexibility index (Phi) is 8.12. The van der Waals surface area contributed by atoms with E-state index < -0.39 is 0 Å². The Labute approximate surface area is 123 Å². The molecule has 0 aliphatic heterocycles. The molecule has 1 aromatic carbocycles. The lowest BCUT2D eigenvalue weighted by atomic mass is 10.2. The molecule has 0 saturated heterocycles. The average molecular weight is 279 g/mol. The molecule has 1 N–H and O–H groups in total. The van der Waals surface area contributed by atoms with Crippen LogP contribution in [0, 0.1) is 0 Å². The summed E-state index contributed by atoms with van der Waals surface area (Å²) in [5.74, 6) is 1.70. The zero-order valence-corrected chi connectivity index (χ0v) is 13.3. The standard InChI is InChI=1S/C17H29NO2/c1-5-9-15(13-18-14(3)4)20-17-11-8-7-10-16(17)19-12-6-2/h7-8,10-11,14-15,18H,5-6,9,12-13H2,1-4H3. The first-order chi connectivity index (χ1) is 9.67. The highest BCUT2D eigenvalue weighted by atomic mass is 16.5. The maximum absolute atomic E-state index is 6.15. The smallest absolute Gasteiger partial charge is 0.161 e. The molecule has 0 aromatic heterocycles. The molecule has 20 heavy (non-hydrogen) atoms. The second-order valence-electron chi connectivity index (χ2n) is 5.39. The Morgan fingerprint density at radius 2 is 1.75 bits per heavy atom. The largest absolute Gasteiger partial charge is 0.490 e. The summed E-state index contributed by atoms with van der Waals surface area (Å²) in [6.45, 7) is 10.2. The van der Waals surface area contributed by atoms with E-state index in [1.807, 2.05) is 24.3 Å². The highest BCUT2D eigenvalue weighted by Crippen LogP contribution is 2.28. The molecule has 0 aliphatic carbocycles. The molecule has 0 spiro atoms. The topological polar surface area (TPSA) is 30.5 Å². The van der Waals surface area contributed by atoms with Gasteiger partial charge in [-0.1, -0.05) is 46.2 Å². The van der Waals surface area contributed by atoms with Gasteiger partial charge in [0, 0.05) is 12.6 Å². The predicted molar refractivity (Wildman–Crippen MR) is 84.7 cm³/mol. The van der Waals surface area contributed by atoms with Gasteiger partial charge in [-0.25, -0.2) is 0 Å². The number of benzene rings is 1. The van der Waals surface area contributed by atoms with Gasteiger partial charge in [0.1, 0.15) is 6.10 Å². The first kappa shape index (κ1) is 16.8. The minimum atomic E-state index is 0.189. The second kappa shape index (κ2) is 9.65. The van der Waals surface area contributed by atoms with Crippen LogP contribution in [0.2, 0.25) is 0 Å². The number of hydrogen-bond acceptors (Lipinski definition) is 3. The summed E-state index contributed by atoms with van der Waals surface area (Å²) < 4.78 is 11.9. The van der Waals surface area contributed by atoms with Gasteiger partial charge in [0.05, 0.1) is 6.61 Å². The number of para-hydroxylation sites is 2. The summed E-state index contributed by atoms with van der Waals surface area (Å²) in [5.41, 5.74) is 0. The fourth-order valence-corrected chi connectivity index (χ4v) is 1.95. The number of ether oxygens (including phenoxy) is 2. The van der Waals surface area contributed by atoms with E-state index in [-0.39, 0.29) is 6.10 Å². The first-order valence-corrected chi connectivity index (χ1v) is 7.79. The number of hydrogen-bond donors (Lipinski definition) is 1. The van der Waals surface area contributed by atoms with Gasteiger partial charge in [-0.3, -0.25) is 0 Å². The molecular weight excluding hydrogens is 250 g/mol. The van der Waals surface area contributed by atoms with Crippen LogP contribution in [0.15, 0.2) is 24.3 Å². The maximum atomic E-state index is 6.15. The van der Waals surface area contributed by atoms with E-state index in [1.54, 1.807) is 0 Å². The molecule has 0 amide bonds. The van der Waals surface area contributed by atoms with Gasteiger partial charge in [0.15, 0.2) is 11.5 Å². The van der Waals surface area contributed by atoms with Gasteiger partial charge in [0.25, 0.3) is 0 Å². The van der Waals surface area contributed by atoms with E-state index in [1.165, 1.54) is 0 Å². The molecule has 1 rings (SSSR count). The van der Waals surface area contributed by atoms with Gasteiger partial charge in [-0.15, -0.1) is 0 Å². The Hall–Kier alpha value is -1.22. The molecule has 1 aromatic rings. The van der Waals surface area contributed by atoms with Crippen LogP contribution in [-0.2, 0) is 0 Å². The SMILES string of the molecule is CCCOc1ccccc1OC(CCC)CNC(C)C. The predicted octanol–water partition coefficient (Wildman–Crippen LogP) is 4.02. The minimum absolute atomic E-state index is 0.189. The lowest BCUT2D eigenvalue weighted by Gasteiger charge is -2.22. The highest BCUT2D eigenvalue weighted by molar-refractivity contribution is 5.39. The van der Waals surface area contributed by atoms with Crippen LogP contribution in [0.3, 0.4) is 0 Å². The third kappa shape index (κ3) is 6.29. The summed E-state index contributed by atoms with van der Waals surface area (Å²) >= 11 is 0. The number of nitrogens with one attached hydrogen (secondary N) is 1. The fourth-order valence-electron chi connectivity index (χ4n) is 1.95. The van der Waals surface area contributed by atoms with E-state index in [2.05, 4.69) is 33.0 Å². The summed E-state index contributed by atoms with van der Waals surface area (Å²) in [7, 11) is 0. The van der Waals surface area contributed by atoms with Crippen molar-refractivity contribution in [2.75, 3.05) is 13.2 Å². The molecule has 3 nitrogen and oxygen atoms in total. The molecule has 0 heterocycles. The maximum Gasteiger partial charge on any atom is 0.161 e. The van der Waals surface area contributed by atoms with Crippen LogP contribution in [0.5, 0.6) is 11.5 Å². The molecule has 1 atom stereocenters. The van der Waals surface area contributed by atoms with Crippen molar-refractivity contribution in [2.24, 2.45) is 0 Å². The summed E-state index contributed by atoms with van der Waals surface area (Å²) in [4.78, 5) is 0. The zero-order chi connectivity index (χ0) is 14.8. The van der Waals surface area contributed by atoms with E-state index in [9.17, 15) is 0 Å². The molecule has 0 bridgehead atoms. The molecule has 0 radical (unpaired) electrons. The molecule has 3 heteroatoms. The van der Waals surface area contributed by atoms with E-state index >= 15 is 0 Å². The van der Waals surface area contributed by atoms with Crippen LogP contribution < -0.4 is 14.8 Å². The van der Waals surface area contributed by atoms with Crippen molar-refractivity contribution in [2.45, 2.75) is 59.1 Å². The molecule has 114 valence electrons. The van der Waals surface area contributed by atoms with Crippen LogP contribution in [0.4, 0.5) is 0 Å². The Bertz CT molecular complexity index is 366. The van der Waals surface area contributed by atoms with Gasteiger partial charge >= 0.3 is 0 Å². The average Bonchev–Trinajstić information content (AvgIpc) is 2.44. The van der Waals surface area contributed by atoms with Gasteiger partial charge in [-0.2, -0.15) is 0 Å². The van der Waals surface area contributed by atoms with Gasteiger partial charge in [0.2, 0.25) is 0 Å². The summed E-state index contributed by atoms with van der Waals surface area (Å²) in [6, 6.07) is 8.42. The van der Waals surface area contributed by atoms with Gasteiger partial charge < -0.3 is 14.8 Å². The third-order valence-electron chi connectivity index (χ3n) is 2.97. The van der Waals surface area contributed by atoms with Crippen molar-refractivity contribution in [1.29, 1.82) is 0 Å². The van der Waals surface area contributed by atoms with Crippen molar-refractivity contribution in [3.8, 4) is 11.5 Å². The van der Waals surface area contributed by atoms with Crippen molar-refractivity contribution < 1.29 is 9.47 Å². The van der Waals surface area contributed by atoms with Crippen molar-refractivity contribution in [1.82, 2.24) is 5.32 Å². The Morgan fingerprint density at radius 1 is 1.05 bits per heavy atom.